The molecule has 0 amide bonds. The zero-order valence-electron chi connectivity index (χ0n) is 12.3. The van der Waals surface area contributed by atoms with Crippen LogP contribution in [0.4, 0.5) is 0 Å². The zero-order chi connectivity index (χ0) is 14.2. The van der Waals surface area contributed by atoms with E-state index in [0.29, 0.717) is 5.92 Å². The molecular weight excluding hydrogens is 238 g/mol. The highest BCUT2D eigenvalue weighted by Crippen LogP contribution is 2.25. The summed E-state index contributed by atoms with van der Waals surface area (Å²) in [5.41, 5.74) is 2.95. The Balaban J connectivity index is 2.40. The Hall–Kier alpha value is -1.39. The summed E-state index contributed by atoms with van der Waals surface area (Å²) in [7, 11) is 3.89. The van der Waals surface area contributed by atoms with E-state index in [0.717, 1.165) is 22.4 Å². The molecule has 0 fully saturated rings. The molecule has 0 saturated carbocycles. The Labute approximate surface area is 114 Å². The van der Waals surface area contributed by atoms with Gasteiger partial charge in [0.1, 0.15) is 5.82 Å². The first-order valence-corrected chi connectivity index (χ1v) is 6.74. The third-order valence-corrected chi connectivity index (χ3v) is 3.86. The van der Waals surface area contributed by atoms with E-state index in [1.807, 2.05) is 39.2 Å². The Morgan fingerprint density at radius 2 is 2.00 bits per heavy atom. The highest BCUT2D eigenvalue weighted by Gasteiger charge is 2.22. The molecule has 4 heteroatoms. The molecule has 0 aliphatic heterocycles. The van der Waals surface area contributed by atoms with Gasteiger partial charge in [0.25, 0.3) is 0 Å². The van der Waals surface area contributed by atoms with E-state index >= 15 is 0 Å². The smallest absolute Gasteiger partial charge is 0.106 e. The monoisotopic (exact) mass is 261 g/mol. The molecule has 0 spiro atoms. The Bertz CT molecular complexity index is 574. The van der Waals surface area contributed by atoms with Crippen molar-refractivity contribution in [1.82, 2.24) is 14.9 Å². The average Bonchev–Trinajstić information content (AvgIpc) is 2.65. The number of imidazole rings is 1. The maximum absolute atomic E-state index is 10.5. The van der Waals surface area contributed by atoms with Gasteiger partial charge in [-0.3, -0.25) is 0 Å². The fourth-order valence-corrected chi connectivity index (χ4v) is 2.58. The molecule has 2 unspecified atom stereocenters. The number of aromatic nitrogens is 2. The molecule has 2 aromatic rings. The number of nitrogens with one attached hydrogen (secondary N) is 1. The van der Waals surface area contributed by atoms with Crippen molar-refractivity contribution in [3.63, 3.8) is 0 Å². The summed E-state index contributed by atoms with van der Waals surface area (Å²) >= 11 is 0. The van der Waals surface area contributed by atoms with E-state index in [1.54, 1.807) is 0 Å². The third-order valence-electron chi connectivity index (χ3n) is 3.86. The third kappa shape index (κ3) is 2.51. The molecule has 19 heavy (non-hydrogen) atoms. The van der Waals surface area contributed by atoms with E-state index in [-0.39, 0.29) is 6.04 Å². The predicted molar refractivity (Wildman–Crippen MR) is 78.1 cm³/mol. The van der Waals surface area contributed by atoms with Crippen LogP contribution in [-0.4, -0.2) is 27.7 Å². The van der Waals surface area contributed by atoms with Crippen molar-refractivity contribution < 1.29 is 5.11 Å². The number of aliphatic hydroxyl groups is 1. The number of hydrogen-bond donors (Lipinski definition) is 2. The SMILES string of the molecule is CNC(C(C)C)C(O)c1ccc2c(c1)nc(C)n2C. The van der Waals surface area contributed by atoms with Gasteiger partial charge in [-0.15, -0.1) is 0 Å². The van der Waals surface area contributed by atoms with Gasteiger partial charge in [-0.2, -0.15) is 0 Å². The average molecular weight is 261 g/mol. The highest BCUT2D eigenvalue weighted by molar-refractivity contribution is 5.76. The lowest BCUT2D eigenvalue weighted by molar-refractivity contribution is 0.110. The van der Waals surface area contributed by atoms with E-state index < -0.39 is 6.10 Å². The molecule has 0 radical (unpaired) electrons. The summed E-state index contributed by atoms with van der Waals surface area (Å²) in [6.45, 7) is 6.20. The van der Waals surface area contributed by atoms with Crippen LogP contribution in [0.15, 0.2) is 18.2 Å². The number of aryl methyl sites for hydroxylation is 2. The minimum atomic E-state index is -0.517. The van der Waals surface area contributed by atoms with Crippen LogP contribution in [0, 0.1) is 12.8 Å². The number of rotatable bonds is 4. The number of hydrogen-bond acceptors (Lipinski definition) is 3. The van der Waals surface area contributed by atoms with Crippen molar-refractivity contribution in [2.24, 2.45) is 13.0 Å². The first-order chi connectivity index (χ1) is 8.95. The van der Waals surface area contributed by atoms with E-state index in [1.165, 1.54) is 0 Å². The quantitative estimate of drug-likeness (QED) is 0.886. The second kappa shape index (κ2) is 5.31. The number of nitrogens with zero attached hydrogens (tertiary/aromatic N) is 2. The van der Waals surface area contributed by atoms with Gasteiger partial charge in [0.2, 0.25) is 0 Å². The van der Waals surface area contributed by atoms with Gasteiger partial charge in [-0.05, 0) is 37.6 Å². The molecule has 2 atom stereocenters. The summed E-state index contributed by atoms with van der Waals surface area (Å²) < 4.78 is 2.06. The van der Waals surface area contributed by atoms with Crippen LogP contribution in [0.25, 0.3) is 11.0 Å². The lowest BCUT2D eigenvalue weighted by Gasteiger charge is -2.26. The minimum Gasteiger partial charge on any atom is -0.387 e. The molecule has 2 rings (SSSR count). The van der Waals surface area contributed by atoms with Gasteiger partial charge in [-0.1, -0.05) is 19.9 Å². The first-order valence-electron chi connectivity index (χ1n) is 6.74. The lowest BCUT2D eigenvalue weighted by Crippen LogP contribution is -2.36. The molecule has 1 heterocycles. The normalized spacial score (nSPS) is 15.1. The number of fused-ring (bicyclic) bond motifs is 1. The van der Waals surface area contributed by atoms with Crippen LogP contribution in [0.5, 0.6) is 0 Å². The molecule has 0 bridgehead atoms. The van der Waals surface area contributed by atoms with Crippen molar-refractivity contribution in [3.05, 3.63) is 29.6 Å². The molecule has 1 aromatic heterocycles. The highest BCUT2D eigenvalue weighted by atomic mass is 16.3. The Morgan fingerprint density at radius 3 is 2.58 bits per heavy atom. The largest absolute Gasteiger partial charge is 0.387 e. The van der Waals surface area contributed by atoms with Crippen LogP contribution >= 0.6 is 0 Å². The van der Waals surface area contributed by atoms with Gasteiger partial charge >= 0.3 is 0 Å². The summed E-state index contributed by atoms with van der Waals surface area (Å²) in [5, 5.41) is 13.7. The maximum atomic E-state index is 10.5. The molecule has 0 saturated heterocycles. The number of likely N-dealkylation sites (N-methyl/N-ethyl adjacent to an activating group) is 1. The van der Waals surface area contributed by atoms with Crippen LogP contribution < -0.4 is 5.32 Å². The van der Waals surface area contributed by atoms with Crippen molar-refractivity contribution in [3.8, 4) is 0 Å². The second-order valence-corrected chi connectivity index (χ2v) is 5.47. The van der Waals surface area contributed by atoms with Gasteiger partial charge in [0.05, 0.1) is 17.1 Å². The van der Waals surface area contributed by atoms with Crippen LogP contribution in [-0.2, 0) is 7.05 Å². The molecule has 0 aliphatic carbocycles. The lowest BCUT2D eigenvalue weighted by atomic mass is 9.93. The summed E-state index contributed by atoms with van der Waals surface area (Å²) in [4.78, 5) is 4.52. The number of benzene rings is 1. The van der Waals surface area contributed by atoms with Gasteiger partial charge in [0.15, 0.2) is 0 Å². The molecule has 2 N–H and O–H groups in total. The van der Waals surface area contributed by atoms with E-state index in [9.17, 15) is 5.11 Å². The standard InChI is InChI=1S/C15H23N3O/c1-9(2)14(16-4)15(19)11-6-7-13-12(8-11)17-10(3)18(13)5/h6-9,14-16,19H,1-5H3. The molecule has 1 aromatic carbocycles. The summed E-state index contributed by atoms with van der Waals surface area (Å²) in [6, 6.07) is 6.05. The molecule has 104 valence electrons. The Morgan fingerprint density at radius 1 is 1.32 bits per heavy atom. The van der Waals surface area contributed by atoms with Crippen LogP contribution in [0.2, 0.25) is 0 Å². The summed E-state index contributed by atoms with van der Waals surface area (Å²) in [6.07, 6.45) is -0.517. The Kier molecular flexibility index (Phi) is 3.92. The number of aliphatic hydroxyl groups excluding tert-OH is 1. The predicted octanol–water partition coefficient (Wildman–Crippen LogP) is 2.16. The first kappa shape index (κ1) is 14.0. The van der Waals surface area contributed by atoms with Crippen LogP contribution in [0.3, 0.4) is 0 Å². The van der Waals surface area contributed by atoms with Crippen molar-refractivity contribution >= 4 is 11.0 Å². The van der Waals surface area contributed by atoms with Gasteiger partial charge < -0.3 is 15.0 Å². The van der Waals surface area contributed by atoms with Crippen molar-refractivity contribution in [2.75, 3.05) is 7.05 Å². The topological polar surface area (TPSA) is 50.1 Å². The fourth-order valence-electron chi connectivity index (χ4n) is 2.58. The van der Waals surface area contributed by atoms with E-state index in [4.69, 9.17) is 0 Å². The summed E-state index contributed by atoms with van der Waals surface area (Å²) in [5.74, 6) is 1.34. The second-order valence-electron chi connectivity index (χ2n) is 5.47. The molecule has 0 aliphatic rings. The maximum Gasteiger partial charge on any atom is 0.106 e. The minimum absolute atomic E-state index is 0.0438. The van der Waals surface area contributed by atoms with Gasteiger partial charge in [0, 0.05) is 13.1 Å². The van der Waals surface area contributed by atoms with Gasteiger partial charge in [-0.25, -0.2) is 4.98 Å². The van der Waals surface area contributed by atoms with Crippen molar-refractivity contribution in [2.45, 2.75) is 32.9 Å². The zero-order valence-corrected chi connectivity index (χ0v) is 12.3. The van der Waals surface area contributed by atoms with E-state index in [2.05, 4.69) is 28.7 Å². The molecular formula is C15H23N3O. The molecule has 4 nitrogen and oxygen atoms in total. The fraction of sp³-hybridized carbons (Fsp3) is 0.533. The van der Waals surface area contributed by atoms with Crippen LogP contribution in [0.1, 0.15) is 31.3 Å². The van der Waals surface area contributed by atoms with Crippen molar-refractivity contribution in [1.29, 1.82) is 0 Å².